The zero-order chi connectivity index (χ0) is 22.8. The lowest BCUT2D eigenvalue weighted by Gasteiger charge is -2.43. The number of amidine groups is 1. The number of anilines is 2. The summed E-state index contributed by atoms with van der Waals surface area (Å²) in [5.41, 5.74) is -1.53. The molecule has 0 amide bonds. The molecule has 1 aromatic heterocycles. The van der Waals surface area contributed by atoms with Crippen molar-refractivity contribution < 1.29 is 27.0 Å². The standard InChI is InChI=1S/C16H20BrF2N7O4S/c1-9(2)25-31(28,29)26-7-16(19,8-26)6-20-14-13(23-30-24-14)15(22-27)21-10-3-4-12(18)11(17)5-10/h3-5,9,25,27H,6-8H2,1-2H3,(H,20,24)(H,21,22). The lowest BCUT2D eigenvalue weighted by Crippen LogP contribution is -2.66. The molecule has 0 bridgehead atoms. The summed E-state index contributed by atoms with van der Waals surface area (Å²) in [7, 11) is -3.76. The van der Waals surface area contributed by atoms with E-state index in [4.69, 9.17) is 0 Å². The third-order valence-electron chi connectivity index (χ3n) is 4.21. The van der Waals surface area contributed by atoms with Gasteiger partial charge >= 0.3 is 0 Å². The minimum absolute atomic E-state index is 0.0277. The van der Waals surface area contributed by atoms with Gasteiger partial charge in [-0.1, -0.05) is 5.16 Å². The second-order valence-electron chi connectivity index (χ2n) is 7.21. The van der Waals surface area contributed by atoms with Gasteiger partial charge in [0.15, 0.2) is 11.4 Å². The normalized spacial score (nSPS) is 16.9. The van der Waals surface area contributed by atoms with E-state index < -0.39 is 21.7 Å². The molecule has 0 unspecified atom stereocenters. The number of nitrogens with zero attached hydrogens (tertiary/aromatic N) is 4. The number of hydrogen-bond acceptors (Lipinski definition) is 8. The Morgan fingerprint density at radius 1 is 1.42 bits per heavy atom. The number of nitrogens with one attached hydrogen (secondary N) is 3. The van der Waals surface area contributed by atoms with Crippen molar-refractivity contribution in [2.45, 2.75) is 25.6 Å². The van der Waals surface area contributed by atoms with Crippen molar-refractivity contribution in [2.24, 2.45) is 5.16 Å². The molecule has 1 aliphatic heterocycles. The van der Waals surface area contributed by atoms with E-state index in [0.29, 0.717) is 5.69 Å². The third kappa shape index (κ3) is 5.47. The van der Waals surface area contributed by atoms with Crippen LogP contribution in [0, 0.1) is 5.82 Å². The number of alkyl halides is 1. The van der Waals surface area contributed by atoms with Crippen molar-refractivity contribution in [1.82, 2.24) is 19.3 Å². The molecule has 4 N–H and O–H groups in total. The summed E-state index contributed by atoms with van der Waals surface area (Å²) in [6, 6.07) is 3.69. The van der Waals surface area contributed by atoms with Crippen LogP contribution in [0.15, 0.2) is 32.5 Å². The van der Waals surface area contributed by atoms with Crippen LogP contribution >= 0.6 is 15.9 Å². The van der Waals surface area contributed by atoms with Crippen LogP contribution in [0.4, 0.5) is 20.3 Å². The van der Waals surface area contributed by atoms with Crippen LogP contribution < -0.4 is 15.4 Å². The second kappa shape index (κ2) is 9.02. The molecule has 1 saturated heterocycles. The van der Waals surface area contributed by atoms with Crippen molar-refractivity contribution in [3.05, 3.63) is 34.2 Å². The Kier molecular flexibility index (Phi) is 6.78. The number of aromatic nitrogens is 2. The second-order valence-corrected chi connectivity index (χ2v) is 9.77. The van der Waals surface area contributed by atoms with Crippen LogP contribution in [0.5, 0.6) is 0 Å². The summed E-state index contributed by atoms with van der Waals surface area (Å²) in [6.07, 6.45) is 0. The summed E-state index contributed by atoms with van der Waals surface area (Å²) < 4.78 is 60.6. The Labute approximate surface area is 185 Å². The molecule has 2 aromatic rings. The van der Waals surface area contributed by atoms with Gasteiger partial charge in [0.1, 0.15) is 5.82 Å². The SMILES string of the molecule is CC(C)NS(=O)(=O)N1CC(F)(CNc2nonc2/C(=N/O)Nc2ccc(F)c(Br)c2)C1. The largest absolute Gasteiger partial charge is 0.409 e. The van der Waals surface area contributed by atoms with E-state index in [1.165, 1.54) is 18.2 Å². The molecule has 1 aromatic carbocycles. The first-order valence-corrected chi connectivity index (χ1v) is 11.2. The fourth-order valence-corrected chi connectivity index (χ4v) is 4.71. The fourth-order valence-electron chi connectivity index (χ4n) is 2.78. The highest BCUT2D eigenvalue weighted by Crippen LogP contribution is 2.28. The number of hydrogen-bond donors (Lipinski definition) is 4. The molecule has 11 nitrogen and oxygen atoms in total. The van der Waals surface area contributed by atoms with E-state index in [1.54, 1.807) is 13.8 Å². The van der Waals surface area contributed by atoms with E-state index in [-0.39, 0.29) is 47.5 Å². The maximum atomic E-state index is 14.8. The molecular weight excluding hydrogens is 504 g/mol. The van der Waals surface area contributed by atoms with Gasteiger partial charge in [-0.15, -0.1) is 0 Å². The average molecular weight is 524 g/mol. The first kappa shape index (κ1) is 23.3. The molecule has 2 heterocycles. The summed E-state index contributed by atoms with van der Waals surface area (Å²) in [6.45, 7) is 2.36. The molecule has 0 atom stereocenters. The predicted molar refractivity (Wildman–Crippen MR) is 111 cm³/mol. The maximum Gasteiger partial charge on any atom is 0.279 e. The molecule has 1 aliphatic rings. The predicted octanol–water partition coefficient (Wildman–Crippen LogP) is 1.90. The van der Waals surface area contributed by atoms with Gasteiger partial charge < -0.3 is 15.8 Å². The highest BCUT2D eigenvalue weighted by molar-refractivity contribution is 9.10. The Bertz CT molecular complexity index is 1070. The number of benzene rings is 1. The van der Waals surface area contributed by atoms with Gasteiger partial charge in [-0.2, -0.15) is 17.4 Å². The van der Waals surface area contributed by atoms with Crippen LogP contribution in [-0.4, -0.2) is 65.4 Å². The van der Waals surface area contributed by atoms with Crippen molar-refractivity contribution in [1.29, 1.82) is 0 Å². The minimum atomic E-state index is -3.76. The van der Waals surface area contributed by atoms with Gasteiger partial charge in [0.05, 0.1) is 24.1 Å². The zero-order valence-corrected chi connectivity index (χ0v) is 18.8. The summed E-state index contributed by atoms with van der Waals surface area (Å²) in [5, 5.41) is 25.1. The number of oxime groups is 1. The summed E-state index contributed by atoms with van der Waals surface area (Å²) in [4.78, 5) is 0. The van der Waals surface area contributed by atoms with Crippen LogP contribution in [0.2, 0.25) is 0 Å². The summed E-state index contributed by atoms with van der Waals surface area (Å²) >= 11 is 3.04. The van der Waals surface area contributed by atoms with E-state index in [9.17, 15) is 22.4 Å². The average Bonchev–Trinajstić information content (AvgIpc) is 3.12. The fraction of sp³-hybridized carbons (Fsp3) is 0.438. The molecular formula is C16H20BrF2N7O4S. The molecule has 0 aliphatic carbocycles. The Hall–Kier alpha value is -2.36. The minimum Gasteiger partial charge on any atom is -0.409 e. The molecule has 170 valence electrons. The third-order valence-corrected chi connectivity index (χ3v) is 6.53. The van der Waals surface area contributed by atoms with Crippen molar-refractivity contribution in [3.8, 4) is 0 Å². The molecule has 15 heteroatoms. The van der Waals surface area contributed by atoms with Gasteiger partial charge in [-0.3, -0.25) is 0 Å². The van der Waals surface area contributed by atoms with Crippen molar-refractivity contribution in [2.75, 3.05) is 30.3 Å². The molecule has 31 heavy (non-hydrogen) atoms. The molecule has 1 fully saturated rings. The van der Waals surface area contributed by atoms with Gasteiger partial charge in [-0.25, -0.2) is 13.4 Å². The van der Waals surface area contributed by atoms with Crippen LogP contribution in [0.1, 0.15) is 19.5 Å². The summed E-state index contributed by atoms with van der Waals surface area (Å²) in [5.74, 6) is -0.693. The molecule has 0 radical (unpaired) electrons. The zero-order valence-electron chi connectivity index (χ0n) is 16.4. The smallest absolute Gasteiger partial charge is 0.279 e. The van der Waals surface area contributed by atoms with Crippen LogP contribution in [-0.2, 0) is 10.2 Å². The monoisotopic (exact) mass is 523 g/mol. The van der Waals surface area contributed by atoms with E-state index in [1.807, 2.05) is 0 Å². The van der Waals surface area contributed by atoms with Crippen molar-refractivity contribution in [3.63, 3.8) is 0 Å². The van der Waals surface area contributed by atoms with Crippen molar-refractivity contribution >= 4 is 43.5 Å². The first-order chi connectivity index (χ1) is 14.5. The van der Waals surface area contributed by atoms with Crippen LogP contribution in [0.3, 0.4) is 0 Å². The quantitative estimate of drug-likeness (QED) is 0.177. The maximum absolute atomic E-state index is 14.8. The van der Waals surface area contributed by atoms with E-state index in [0.717, 1.165) is 4.31 Å². The topological polar surface area (TPSA) is 145 Å². The van der Waals surface area contributed by atoms with E-state index in [2.05, 4.69) is 51.4 Å². The Balaban J connectivity index is 1.63. The van der Waals surface area contributed by atoms with Gasteiger partial charge in [0.25, 0.3) is 10.2 Å². The van der Waals surface area contributed by atoms with Gasteiger partial charge in [0, 0.05) is 11.7 Å². The van der Waals surface area contributed by atoms with Crippen LogP contribution in [0.25, 0.3) is 0 Å². The lowest BCUT2D eigenvalue weighted by molar-refractivity contribution is 0.0329. The Morgan fingerprint density at radius 3 is 2.74 bits per heavy atom. The molecule has 0 saturated carbocycles. The van der Waals surface area contributed by atoms with E-state index >= 15 is 0 Å². The lowest BCUT2D eigenvalue weighted by atomic mass is 9.99. The highest BCUT2D eigenvalue weighted by Gasteiger charge is 2.49. The number of rotatable bonds is 8. The molecule has 0 spiro atoms. The first-order valence-electron chi connectivity index (χ1n) is 9.00. The Morgan fingerprint density at radius 2 is 2.13 bits per heavy atom. The highest BCUT2D eigenvalue weighted by atomic mass is 79.9. The van der Waals surface area contributed by atoms with Gasteiger partial charge in [0.2, 0.25) is 11.7 Å². The molecule has 3 rings (SSSR count). The number of halogens is 3. The van der Waals surface area contributed by atoms with Gasteiger partial charge in [-0.05, 0) is 58.3 Å².